The lowest BCUT2D eigenvalue weighted by Crippen LogP contribution is -2.30. The van der Waals surface area contributed by atoms with Crippen LogP contribution in [0.25, 0.3) is 22.3 Å². The molecule has 0 unspecified atom stereocenters. The molecule has 2 N–H and O–H groups in total. The third-order valence-electron chi connectivity index (χ3n) is 5.36. The highest BCUT2D eigenvalue weighted by molar-refractivity contribution is 5.94. The average Bonchev–Trinajstić information content (AvgIpc) is 3.27. The predicted octanol–water partition coefficient (Wildman–Crippen LogP) is 4.02. The van der Waals surface area contributed by atoms with Crippen LogP contribution in [0.3, 0.4) is 0 Å². The Bertz CT molecular complexity index is 1100. The summed E-state index contributed by atoms with van der Waals surface area (Å²) in [6, 6.07) is 10.2. The Kier molecular flexibility index (Phi) is 4.78. The van der Waals surface area contributed by atoms with Crippen LogP contribution >= 0.6 is 0 Å². The van der Waals surface area contributed by atoms with Gasteiger partial charge in [-0.25, -0.2) is 15.0 Å². The van der Waals surface area contributed by atoms with Crippen LogP contribution in [0.1, 0.15) is 24.8 Å². The van der Waals surface area contributed by atoms with Gasteiger partial charge in [0.25, 0.3) is 0 Å². The molecule has 0 aromatic carbocycles. The van der Waals surface area contributed by atoms with Crippen molar-refractivity contribution in [2.75, 3.05) is 23.3 Å². The Morgan fingerprint density at radius 2 is 1.86 bits per heavy atom. The Morgan fingerprint density at radius 3 is 2.72 bits per heavy atom. The first-order valence-corrected chi connectivity index (χ1v) is 10.0. The van der Waals surface area contributed by atoms with E-state index in [0.717, 1.165) is 52.6 Å². The molecule has 0 saturated carbocycles. The quantitative estimate of drug-likeness (QED) is 0.540. The molecule has 1 aliphatic heterocycles. The number of fused-ring (bicyclic) bond motifs is 1. The van der Waals surface area contributed by atoms with Gasteiger partial charge in [-0.05, 0) is 49.1 Å². The van der Waals surface area contributed by atoms with Gasteiger partial charge in [-0.2, -0.15) is 0 Å². The van der Waals surface area contributed by atoms with Gasteiger partial charge in [0.1, 0.15) is 23.6 Å². The van der Waals surface area contributed by atoms with Gasteiger partial charge in [-0.15, -0.1) is 0 Å². The summed E-state index contributed by atoms with van der Waals surface area (Å²) in [6.45, 7) is 2.81. The molecule has 4 aromatic rings. The van der Waals surface area contributed by atoms with E-state index < -0.39 is 0 Å². The molecule has 7 nitrogen and oxygen atoms in total. The minimum absolute atomic E-state index is 0.685. The number of aromatic nitrogens is 5. The third-order valence-corrected chi connectivity index (χ3v) is 5.36. The third kappa shape index (κ3) is 3.76. The minimum Gasteiger partial charge on any atom is -0.366 e. The summed E-state index contributed by atoms with van der Waals surface area (Å²) in [5, 5.41) is 4.48. The molecular formula is C22H23N7. The smallest absolute Gasteiger partial charge is 0.140 e. The maximum atomic E-state index is 4.71. The summed E-state index contributed by atoms with van der Waals surface area (Å²) in [5.74, 6) is 1.81. The second-order valence-corrected chi connectivity index (χ2v) is 7.31. The van der Waals surface area contributed by atoms with E-state index in [-0.39, 0.29) is 0 Å². The van der Waals surface area contributed by atoms with Crippen LogP contribution in [0.5, 0.6) is 0 Å². The number of pyridine rings is 2. The molecule has 1 fully saturated rings. The van der Waals surface area contributed by atoms with Gasteiger partial charge in [0.2, 0.25) is 0 Å². The number of rotatable bonds is 5. The Balaban J connectivity index is 1.48. The predicted molar refractivity (Wildman–Crippen MR) is 115 cm³/mol. The van der Waals surface area contributed by atoms with E-state index in [4.69, 9.17) is 4.98 Å². The van der Waals surface area contributed by atoms with Crippen molar-refractivity contribution >= 4 is 22.7 Å². The molecule has 7 heteroatoms. The highest BCUT2D eigenvalue weighted by Gasteiger charge is 2.15. The van der Waals surface area contributed by atoms with Crippen LogP contribution in [-0.4, -0.2) is 38.0 Å². The molecule has 5 rings (SSSR count). The van der Waals surface area contributed by atoms with Gasteiger partial charge in [0.15, 0.2) is 0 Å². The zero-order chi connectivity index (χ0) is 19.5. The van der Waals surface area contributed by atoms with Crippen molar-refractivity contribution < 1.29 is 0 Å². The summed E-state index contributed by atoms with van der Waals surface area (Å²) in [6.07, 6.45) is 10.9. The van der Waals surface area contributed by atoms with Crippen molar-refractivity contribution in [3.8, 4) is 11.3 Å². The van der Waals surface area contributed by atoms with Crippen LogP contribution in [0.15, 0.2) is 55.2 Å². The lowest BCUT2D eigenvalue weighted by molar-refractivity contribution is 0.573. The van der Waals surface area contributed by atoms with E-state index in [1.165, 1.54) is 19.3 Å². The summed E-state index contributed by atoms with van der Waals surface area (Å²) in [4.78, 5) is 23.5. The number of H-pyrrole nitrogens is 1. The first-order chi connectivity index (χ1) is 14.4. The van der Waals surface area contributed by atoms with Crippen molar-refractivity contribution in [2.45, 2.75) is 25.8 Å². The minimum atomic E-state index is 0.685. The van der Waals surface area contributed by atoms with E-state index in [1.807, 2.05) is 24.4 Å². The number of hydrogen-bond donors (Lipinski definition) is 2. The average molecular weight is 385 g/mol. The van der Waals surface area contributed by atoms with Crippen LogP contribution in [0.4, 0.5) is 11.6 Å². The summed E-state index contributed by atoms with van der Waals surface area (Å²) >= 11 is 0. The number of nitrogens with zero attached hydrogens (tertiary/aromatic N) is 5. The normalized spacial score (nSPS) is 14.3. The van der Waals surface area contributed by atoms with E-state index in [1.54, 1.807) is 18.7 Å². The molecular weight excluding hydrogens is 362 g/mol. The molecule has 4 aromatic heterocycles. The van der Waals surface area contributed by atoms with E-state index in [2.05, 4.69) is 42.3 Å². The van der Waals surface area contributed by atoms with Crippen LogP contribution in [0.2, 0.25) is 0 Å². The van der Waals surface area contributed by atoms with E-state index >= 15 is 0 Å². The fraction of sp³-hybridized carbons (Fsp3) is 0.273. The number of aromatic amines is 1. The van der Waals surface area contributed by atoms with Gasteiger partial charge < -0.3 is 15.2 Å². The van der Waals surface area contributed by atoms with Crippen molar-refractivity contribution in [3.63, 3.8) is 0 Å². The molecule has 146 valence electrons. The molecule has 0 aliphatic carbocycles. The first kappa shape index (κ1) is 17.6. The molecule has 29 heavy (non-hydrogen) atoms. The summed E-state index contributed by atoms with van der Waals surface area (Å²) in [5.41, 5.74) is 3.97. The molecule has 5 heterocycles. The molecule has 0 bridgehead atoms. The standard InChI is InChI=1S/C22H23N7/c1-2-10-29(11-3-1)21-13-19(26-15-27-21)18-12-20(28-22-17(18)6-9-24-22)25-14-16-4-7-23-8-5-16/h4-9,12-13,15H,1-3,10-11,14H2,(H2,24,25,28). The van der Waals surface area contributed by atoms with Crippen molar-refractivity contribution in [1.29, 1.82) is 0 Å². The van der Waals surface area contributed by atoms with Crippen molar-refractivity contribution in [2.24, 2.45) is 0 Å². The van der Waals surface area contributed by atoms with Gasteiger partial charge in [-0.3, -0.25) is 4.98 Å². The Hall–Kier alpha value is -3.48. The molecule has 0 amide bonds. The number of nitrogens with one attached hydrogen (secondary N) is 2. The summed E-state index contributed by atoms with van der Waals surface area (Å²) < 4.78 is 0. The van der Waals surface area contributed by atoms with Crippen LogP contribution in [0, 0.1) is 0 Å². The molecule has 1 saturated heterocycles. The zero-order valence-electron chi connectivity index (χ0n) is 16.2. The van der Waals surface area contributed by atoms with E-state index in [0.29, 0.717) is 6.54 Å². The first-order valence-electron chi connectivity index (χ1n) is 10.0. The van der Waals surface area contributed by atoms with Crippen molar-refractivity contribution in [1.82, 2.24) is 24.9 Å². The number of hydrogen-bond acceptors (Lipinski definition) is 6. The maximum absolute atomic E-state index is 4.71. The lowest BCUT2D eigenvalue weighted by atomic mass is 10.1. The van der Waals surface area contributed by atoms with Gasteiger partial charge in [-0.1, -0.05) is 0 Å². The zero-order valence-corrected chi connectivity index (χ0v) is 16.2. The largest absolute Gasteiger partial charge is 0.366 e. The molecule has 0 spiro atoms. The lowest BCUT2D eigenvalue weighted by Gasteiger charge is -2.27. The second-order valence-electron chi connectivity index (χ2n) is 7.31. The highest BCUT2D eigenvalue weighted by atomic mass is 15.2. The van der Waals surface area contributed by atoms with Gasteiger partial charge in [0, 0.05) is 55.2 Å². The SMILES string of the molecule is c1cc(CNc2cc(-c3cc(N4CCCCC4)ncn3)c3cc[nH]c3n2)ccn1. The van der Waals surface area contributed by atoms with Gasteiger partial charge >= 0.3 is 0 Å². The maximum Gasteiger partial charge on any atom is 0.140 e. The Morgan fingerprint density at radius 1 is 1.00 bits per heavy atom. The second kappa shape index (κ2) is 7.87. The van der Waals surface area contributed by atoms with Crippen LogP contribution in [-0.2, 0) is 6.54 Å². The van der Waals surface area contributed by atoms with Crippen LogP contribution < -0.4 is 10.2 Å². The summed E-state index contributed by atoms with van der Waals surface area (Å²) in [7, 11) is 0. The number of anilines is 2. The number of piperidine rings is 1. The van der Waals surface area contributed by atoms with Gasteiger partial charge in [0.05, 0.1) is 5.69 Å². The fourth-order valence-electron chi connectivity index (χ4n) is 3.82. The molecule has 0 radical (unpaired) electrons. The molecule has 0 atom stereocenters. The Labute approximate surface area is 169 Å². The highest BCUT2D eigenvalue weighted by Crippen LogP contribution is 2.30. The topological polar surface area (TPSA) is 82.6 Å². The monoisotopic (exact) mass is 385 g/mol. The fourth-order valence-corrected chi connectivity index (χ4v) is 3.82. The molecule has 1 aliphatic rings. The van der Waals surface area contributed by atoms with Crippen molar-refractivity contribution in [3.05, 3.63) is 60.8 Å². The van der Waals surface area contributed by atoms with E-state index in [9.17, 15) is 0 Å².